The fourth-order valence-corrected chi connectivity index (χ4v) is 4.32. The number of hydrogen-bond acceptors (Lipinski definition) is 4. The predicted molar refractivity (Wildman–Crippen MR) is 109 cm³/mol. The Morgan fingerprint density at radius 2 is 2.00 bits per heavy atom. The second-order valence-electron chi connectivity index (χ2n) is 7.85. The first-order chi connectivity index (χ1) is 13.6. The molecule has 0 aliphatic carbocycles. The van der Waals surface area contributed by atoms with Crippen molar-refractivity contribution in [3.63, 3.8) is 0 Å². The standard InChI is InChI=1S/C21H29N5O2/c1-24-18-7-3-2-6-17(18)23-21(24)26-14-9-16(10-15-26)20(28)22-11-5-13-25-12-4-8-19(25)27/h2-3,6-7,16H,4-5,8-15H2,1H3,(H,22,28). The zero-order valence-corrected chi connectivity index (χ0v) is 16.6. The van der Waals surface area contributed by atoms with Gasteiger partial charge in [0, 0.05) is 52.1 Å². The number of aromatic nitrogens is 2. The fourth-order valence-electron chi connectivity index (χ4n) is 4.32. The van der Waals surface area contributed by atoms with Crippen LogP contribution in [0.5, 0.6) is 0 Å². The summed E-state index contributed by atoms with van der Waals surface area (Å²) in [5.74, 6) is 1.45. The molecule has 0 radical (unpaired) electrons. The van der Waals surface area contributed by atoms with E-state index in [-0.39, 0.29) is 17.7 Å². The number of piperidine rings is 1. The second-order valence-corrected chi connectivity index (χ2v) is 7.85. The second kappa shape index (κ2) is 8.20. The summed E-state index contributed by atoms with van der Waals surface area (Å²) in [6.45, 7) is 3.96. The van der Waals surface area contributed by atoms with Gasteiger partial charge in [-0.3, -0.25) is 9.59 Å². The minimum atomic E-state index is 0.0688. The third-order valence-corrected chi connectivity index (χ3v) is 5.99. The molecule has 0 bridgehead atoms. The first kappa shape index (κ1) is 18.8. The Kier molecular flexibility index (Phi) is 5.50. The molecule has 2 aliphatic heterocycles. The van der Waals surface area contributed by atoms with Gasteiger partial charge < -0.3 is 19.7 Å². The summed E-state index contributed by atoms with van der Waals surface area (Å²) in [5, 5.41) is 3.06. The highest BCUT2D eigenvalue weighted by atomic mass is 16.2. The summed E-state index contributed by atoms with van der Waals surface area (Å²) < 4.78 is 2.13. The number of benzene rings is 1. The monoisotopic (exact) mass is 383 g/mol. The van der Waals surface area contributed by atoms with Crippen molar-refractivity contribution in [2.24, 2.45) is 13.0 Å². The molecule has 1 N–H and O–H groups in total. The highest BCUT2D eigenvalue weighted by Crippen LogP contribution is 2.26. The first-order valence-corrected chi connectivity index (χ1v) is 10.4. The molecule has 2 aliphatic rings. The molecule has 7 heteroatoms. The number of nitrogens with one attached hydrogen (secondary N) is 1. The number of carbonyl (C=O) groups is 2. The Morgan fingerprint density at radius 1 is 1.21 bits per heavy atom. The summed E-state index contributed by atoms with van der Waals surface area (Å²) in [5.41, 5.74) is 2.14. The van der Waals surface area contributed by atoms with E-state index in [0.29, 0.717) is 13.0 Å². The van der Waals surface area contributed by atoms with Crippen molar-refractivity contribution in [2.75, 3.05) is 37.6 Å². The minimum Gasteiger partial charge on any atom is -0.356 e. The molecule has 4 rings (SSSR count). The van der Waals surface area contributed by atoms with E-state index in [4.69, 9.17) is 4.98 Å². The maximum atomic E-state index is 12.5. The van der Waals surface area contributed by atoms with E-state index >= 15 is 0 Å². The van der Waals surface area contributed by atoms with Gasteiger partial charge in [-0.05, 0) is 37.8 Å². The lowest BCUT2D eigenvalue weighted by Crippen LogP contribution is -2.42. The van der Waals surface area contributed by atoms with Crippen molar-refractivity contribution >= 4 is 28.8 Å². The Balaban J connectivity index is 1.23. The molecule has 150 valence electrons. The Bertz CT molecular complexity index is 854. The van der Waals surface area contributed by atoms with Gasteiger partial charge in [0.15, 0.2) is 0 Å². The van der Waals surface area contributed by atoms with Crippen molar-refractivity contribution in [2.45, 2.75) is 32.1 Å². The third-order valence-electron chi connectivity index (χ3n) is 5.99. The summed E-state index contributed by atoms with van der Waals surface area (Å²) in [7, 11) is 2.05. The van der Waals surface area contributed by atoms with Crippen LogP contribution in [0.4, 0.5) is 5.95 Å². The third kappa shape index (κ3) is 3.84. The van der Waals surface area contributed by atoms with E-state index in [1.54, 1.807) is 0 Å². The van der Waals surface area contributed by atoms with E-state index in [9.17, 15) is 9.59 Å². The van der Waals surface area contributed by atoms with Crippen LogP contribution in [0.3, 0.4) is 0 Å². The molecule has 7 nitrogen and oxygen atoms in total. The Labute approximate surface area is 165 Å². The lowest BCUT2D eigenvalue weighted by Gasteiger charge is -2.32. The maximum Gasteiger partial charge on any atom is 0.223 e. The fraction of sp³-hybridized carbons (Fsp3) is 0.571. The normalized spacial score (nSPS) is 18.2. The van der Waals surface area contributed by atoms with Crippen LogP contribution in [0, 0.1) is 5.92 Å². The molecule has 2 fully saturated rings. The van der Waals surface area contributed by atoms with Gasteiger partial charge >= 0.3 is 0 Å². The molecule has 3 heterocycles. The minimum absolute atomic E-state index is 0.0688. The average molecular weight is 383 g/mol. The lowest BCUT2D eigenvalue weighted by atomic mass is 9.96. The summed E-state index contributed by atoms with van der Waals surface area (Å²) >= 11 is 0. The molecule has 2 saturated heterocycles. The number of para-hydroxylation sites is 2. The van der Waals surface area contributed by atoms with Crippen molar-refractivity contribution in [1.82, 2.24) is 19.8 Å². The van der Waals surface area contributed by atoms with Crippen molar-refractivity contribution in [1.29, 1.82) is 0 Å². The van der Waals surface area contributed by atoms with Crippen LogP contribution in [0.2, 0.25) is 0 Å². The molecule has 2 aromatic rings. The van der Waals surface area contributed by atoms with E-state index in [1.807, 2.05) is 23.1 Å². The molecule has 0 unspecified atom stereocenters. The zero-order chi connectivity index (χ0) is 19.5. The van der Waals surface area contributed by atoms with Gasteiger partial charge in [-0.15, -0.1) is 0 Å². The Hall–Kier alpha value is -2.57. The zero-order valence-electron chi connectivity index (χ0n) is 16.6. The molecule has 28 heavy (non-hydrogen) atoms. The van der Waals surface area contributed by atoms with E-state index in [2.05, 4.69) is 27.9 Å². The summed E-state index contributed by atoms with van der Waals surface area (Å²) in [6, 6.07) is 8.16. The summed E-state index contributed by atoms with van der Waals surface area (Å²) in [6.07, 6.45) is 4.17. The average Bonchev–Trinajstić information content (AvgIpc) is 3.28. The number of aryl methyl sites for hydroxylation is 1. The quantitative estimate of drug-likeness (QED) is 0.774. The lowest BCUT2D eigenvalue weighted by molar-refractivity contribution is -0.127. The van der Waals surface area contributed by atoms with Crippen LogP contribution in [0.25, 0.3) is 11.0 Å². The van der Waals surface area contributed by atoms with Crippen molar-refractivity contribution < 1.29 is 9.59 Å². The molecular weight excluding hydrogens is 354 g/mol. The number of rotatable bonds is 6. The van der Waals surface area contributed by atoms with E-state index < -0.39 is 0 Å². The number of hydrogen-bond donors (Lipinski definition) is 1. The van der Waals surface area contributed by atoms with Crippen molar-refractivity contribution in [3.8, 4) is 0 Å². The van der Waals surface area contributed by atoms with Gasteiger partial charge in [0.05, 0.1) is 11.0 Å². The highest BCUT2D eigenvalue weighted by molar-refractivity contribution is 5.80. The molecule has 0 saturated carbocycles. The number of nitrogens with zero attached hydrogens (tertiary/aromatic N) is 4. The molecule has 1 aromatic heterocycles. The molecular formula is C21H29N5O2. The van der Waals surface area contributed by atoms with Crippen LogP contribution in [-0.2, 0) is 16.6 Å². The van der Waals surface area contributed by atoms with E-state index in [0.717, 1.165) is 68.8 Å². The van der Waals surface area contributed by atoms with Gasteiger partial charge in [-0.2, -0.15) is 0 Å². The van der Waals surface area contributed by atoms with Gasteiger partial charge in [0.2, 0.25) is 17.8 Å². The van der Waals surface area contributed by atoms with Crippen molar-refractivity contribution in [3.05, 3.63) is 24.3 Å². The van der Waals surface area contributed by atoms with Gasteiger partial charge in [-0.25, -0.2) is 4.98 Å². The van der Waals surface area contributed by atoms with Crippen LogP contribution >= 0.6 is 0 Å². The maximum absolute atomic E-state index is 12.5. The number of fused-ring (bicyclic) bond motifs is 1. The molecule has 0 atom stereocenters. The van der Waals surface area contributed by atoms with Gasteiger partial charge in [-0.1, -0.05) is 12.1 Å². The number of amides is 2. The van der Waals surface area contributed by atoms with Crippen LogP contribution in [0.15, 0.2) is 24.3 Å². The topological polar surface area (TPSA) is 70.5 Å². The Morgan fingerprint density at radius 3 is 2.71 bits per heavy atom. The predicted octanol–water partition coefficient (Wildman–Crippen LogP) is 1.92. The summed E-state index contributed by atoms with van der Waals surface area (Å²) in [4.78, 5) is 33.0. The number of likely N-dealkylation sites (tertiary alicyclic amines) is 1. The van der Waals surface area contributed by atoms with Crippen LogP contribution in [0.1, 0.15) is 32.1 Å². The SMILES string of the molecule is Cn1c(N2CCC(C(=O)NCCCN3CCCC3=O)CC2)nc2ccccc21. The molecule has 2 amide bonds. The first-order valence-electron chi connectivity index (χ1n) is 10.4. The smallest absolute Gasteiger partial charge is 0.223 e. The highest BCUT2D eigenvalue weighted by Gasteiger charge is 2.27. The molecule has 1 aromatic carbocycles. The van der Waals surface area contributed by atoms with Gasteiger partial charge in [0.1, 0.15) is 0 Å². The van der Waals surface area contributed by atoms with Gasteiger partial charge in [0.25, 0.3) is 0 Å². The largest absolute Gasteiger partial charge is 0.356 e. The van der Waals surface area contributed by atoms with E-state index in [1.165, 1.54) is 0 Å². The number of carbonyl (C=O) groups excluding carboxylic acids is 2. The van der Waals surface area contributed by atoms with Crippen LogP contribution in [-0.4, -0.2) is 59.0 Å². The molecule has 0 spiro atoms. The number of imidazole rings is 1. The number of anilines is 1. The van der Waals surface area contributed by atoms with Crippen LogP contribution < -0.4 is 10.2 Å².